The van der Waals surface area contributed by atoms with Crippen molar-refractivity contribution in [2.75, 3.05) is 0 Å². The van der Waals surface area contributed by atoms with Crippen LogP contribution in [0.3, 0.4) is 0 Å². The summed E-state index contributed by atoms with van der Waals surface area (Å²) in [6.07, 6.45) is 2.76. The minimum absolute atomic E-state index is 0.0322. The van der Waals surface area contributed by atoms with E-state index in [-0.39, 0.29) is 17.8 Å². The van der Waals surface area contributed by atoms with Gasteiger partial charge in [-0.1, -0.05) is 6.92 Å². The summed E-state index contributed by atoms with van der Waals surface area (Å²) < 4.78 is 5.13. The van der Waals surface area contributed by atoms with Gasteiger partial charge < -0.3 is 4.74 Å². The van der Waals surface area contributed by atoms with Crippen molar-refractivity contribution in [2.24, 2.45) is 17.8 Å². The molecule has 0 aromatic carbocycles. The monoisotopic (exact) mass is 182 g/mol. The molecule has 3 heteroatoms. The second-order valence-corrected chi connectivity index (χ2v) is 4.41. The van der Waals surface area contributed by atoms with Gasteiger partial charge in [-0.15, -0.1) is 0 Å². The Morgan fingerprint density at radius 3 is 2.85 bits per heavy atom. The fourth-order valence-electron chi connectivity index (χ4n) is 2.71. The van der Waals surface area contributed by atoms with Gasteiger partial charge in [0.15, 0.2) is 11.9 Å². The molecule has 1 saturated heterocycles. The van der Waals surface area contributed by atoms with Gasteiger partial charge in [-0.05, 0) is 25.7 Å². The quantitative estimate of drug-likeness (QED) is 0.451. The molecule has 1 saturated carbocycles. The first-order valence-corrected chi connectivity index (χ1v) is 4.77. The lowest BCUT2D eigenvalue weighted by Crippen LogP contribution is -2.33. The molecule has 0 bridgehead atoms. The lowest BCUT2D eigenvalue weighted by atomic mass is 9.83. The van der Waals surface area contributed by atoms with E-state index in [1.54, 1.807) is 6.92 Å². The Bertz CT molecular complexity index is 261. The third kappa shape index (κ3) is 1.02. The molecule has 2 aliphatic rings. The van der Waals surface area contributed by atoms with Crippen molar-refractivity contribution >= 4 is 12.3 Å². The Labute approximate surface area is 77.4 Å². The van der Waals surface area contributed by atoms with Crippen LogP contribution >= 0.6 is 0 Å². The molecule has 0 spiro atoms. The van der Waals surface area contributed by atoms with Crippen LogP contribution in [0.1, 0.15) is 26.7 Å². The topological polar surface area (TPSA) is 43.4 Å². The molecule has 0 amide bonds. The molecule has 0 unspecified atom stereocenters. The number of hydrogen-bond donors (Lipinski definition) is 0. The maximum Gasteiger partial charge on any atom is 0.310 e. The maximum absolute atomic E-state index is 11.5. The molecule has 1 heterocycles. The van der Waals surface area contributed by atoms with E-state index in [4.69, 9.17) is 4.74 Å². The van der Waals surface area contributed by atoms with E-state index in [1.165, 1.54) is 0 Å². The lowest BCUT2D eigenvalue weighted by molar-refractivity contribution is -0.154. The van der Waals surface area contributed by atoms with E-state index < -0.39 is 5.60 Å². The van der Waals surface area contributed by atoms with Crippen molar-refractivity contribution in [1.29, 1.82) is 0 Å². The van der Waals surface area contributed by atoms with Crippen LogP contribution in [0, 0.1) is 17.8 Å². The summed E-state index contributed by atoms with van der Waals surface area (Å²) in [7, 11) is 0. The van der Waals surface area contributed by atoms with E-state index >= 15 is 0 Å². The van der Waals surface area contributed by atoms with Crippen LogP contribution < -0.4 is 0 Å². The predicted molar refractivity (Wildman–Crippen MR) is 45.9 cm³/mol. The van der Waals surface area contributed by atoms with Crippen LogP contribution in [0.4, 0.5) is 0 Å². The van der Waals surface area contributed by atoms with Gasteiger partial charge in [-0.2, -0.15) is 0 Å². The Balaban J connectivity index is 2.32. The first-order valence-electron chi connectivity index (χ1n) is 4.77. The summed E-state index contributed by atoms with van der Waals surface area (Å²) in [4.78, 5) is 22.3. The first-order chi connectivity index (χ1) is 6.08. The van der Waals surface area contributed by atoms with Gasteiger partial charge in [0.25, 0.3) is 0 Å². The molecule has 0 aromatic heterocycles. The summed E-state index contributed by atoms with van der Waals surface area (Å²) in [6.45, 7) is 3.78. The molecule has 13 heavy (non-hydrogen) atoms. The largest absolute Gasteiger partial charge is 0.451 e. The molecule has 72 valence electrons. The van der Waals surface area contributed by atoms with Gasteiger partial charge in [-0.3, -0.25) is 9.59 Å². The zero-order valence-electron chi connectivity index (χ0n) is 7.95. The smallest absolute Gasteiger partial charge is 0.310 e. The van der Waals surface area contributed by atoms with Crippen molar-refractivity contribution < 1.29 is 14.3 Å². The normalized spacial score (nSPS) is 48.8. The van der Waals surface area contributed by atoms with Crippen LogP contribution in [-0.2, 0) is 14.3 Å². The van der Waals surface area contributed by atoms with Crippen LogP contribution in [0.15, 0.2) is 0 Å². The molecular formula is C10H14O3. The number of rotatable bonds is 1. The van der Waals surface area contributed by atoms with Crippen molar-refractivity contribution in [3.05, 3.63) is 0 Å². The Morgan fingerprint density at radius 1 is 1.54 bits per heavy atom. The zero-order chi connectivity index (χ0) is 9.64. The standard InChI is InChI=1S/C10H14O3/c1-6-3-4-7-8(6)9(12)13-10(7,2)5-11/h5-8H,3-4H2,1-2H3/t6-,7-,8+,10-/m1/s1. The number of cyclic esters (lactones) is 1. The number of carbonyl (C=O) groups excluding carboxylic acids is 2. The van der Waals surface area contributed by atoms with Crippen LogP contribution in [0.5, 0.6) is 0 Å². The summed E-state index contributed by atoms with van der Waals surface area (Å²) in [6, 6.07) is 0. The number of aldehydes is 1. The molecule has 2 rings (SSSR count). The van der Waals surface area contributed by atoms with Gasteiger partial charge in [0.05, 0.1) is 5.92 Å². The number of carbonyl (C=O) groups is 2. The third-order valence-electron chi connectivity index (χ3n) is 3.54. The average Bonchev–Trinajstić information content (AvgIpc) is 2.57. The Hall–Kier alpha value is -0.860. The van der Waals surface area contributed by atoms with Gasteiger partial charge >= 0.3 is 5.97 Å². The van der Waals surface area contributed by atoms with Crippen LogP contribution in [0.2, 0.25) is 0 Å². The Morgan fingerprint density at radius 2 is 2.23 bits per heavy atom. The number of hydrogen-bond acceptors (Lipinski definition) is 3. The van der Waals surface area contributed by atoms with Gasteiger partial charge in [0.2, 0.25) is 0 Å². The number of fused-ring (bicyclic) bond motifs is 1. The van der Waals surface area contributed by atoms with Gasteiger partial charge in [-0.25, -0.2) is 0 Å². The highest BCUT2D eigenvalue weighted by Crippen LogP contribution is 2.49. The van der Waals surface area contributed by atoms with Crippen molar-refractivity contribution in [3.63, 3.8) is 0 Å². The lowest BCUT2D eigenvalue weighted by Gasteiger charge is -2.21. The van der Waals surface area contributed by atoms with Gasteiger partial charge in [0.1, 0.15) is 0 Å². The fourth-order valence-corrected chi connectivity index (χ4v) is 2.71. The van der Waals surface area contributed by atoms with Crippen LogP contribution in [-0.4, -0.2) is 17.9 Å². The summed E-state index contributed by atoms with van der Waals surface area (Å²) in [5, 5.41) is 0. The molecule has 2 fully saturated rings. The van der Waals surface area contributed by atoms with Crippen molar-refractivity contribution in [1.82, 2.24) is 0 Å². The Kier molecular flexibility index (Phi) is 1.72. The maximum atomic E-state index is 11.5. The molecular weight excluding hydrogens is 168 g/mol. The van der Waals surface area contributed by atoms with Crippen LogP contribution in [0.25, 0.3) is 0 Å². The minimum Gasteiger partial charge on any atom is -0.451 e. The number of esters is 1. The summed E-state index contributed by atoms with van der Waals surface area (Å²) in [5.74, 6) is 0.284. The fraction of sp³-hybridized carbons (Fsp3) is 0.800. The molecule has 0 aromatic rings. The minimum atomic E-state index is -0.841. The summed E-state index contributed by atoms with van der Waals surface area (Å²) in [5.41, 5.74) is -0.841. The highest BCUT2D eigenvalue weighted by atomic mass is 16.6. The van der Waals surface area contributed by atoms with Gasteiger partial charge in [0, 0.05) is 5.92 Å². The van der Waals surface area contributed by atoms with E-state index in [0.717, 1.165) is 19.1 Å². The molecule has 1 aliphatic carbocycles. The summed E-state index contributed by atoms with van der Waals surface area (Å²) >= 11 is 0. The van der Waals surface area contributed by atoms with Crippen molar-refractivity contribution in [2.45, 2.75) is 32.3 Å². The predicted octanol–water partition coefficient (Wildman–Crippen LogP) is 1.16. The third-order valence-corrected chi connectivity index (χ3v) is 3.54. The second kappa shape index (κ2) is 2.56. The highest BCUT2D eigenvalue weighted by Gasteiger charge is 2.57. The average molecular weight is 182 g/mol. The van der Waals surface area contributed by atoms with E-state index in [2.05, 4.69) is 6.92 Å². The molecule has 0 N–H and O–H groups in total. The highest BCUT2D eigenvalue weighted by molar-refractivity contribution is 5.82. The second-order valence-electron chi connectivity index (χ2n) is 4.41. The molecule has 4 atom stereocenters. The van der Waals surface area contributed by atoms with E-state index in [0.29, 0.717) is 5.92 Å². The van der Waals surface area contributed by atoms with E-state index in [9.17, 15) is 9.59 Å². The first kappa shape index (κ1) is 8.73. The van der Waals surface area contributed by atoms with E-state index in [1.807, 2.05) is 0 Å². The van der Waals surface area contributed by atoms with Crippen molar-refractivity contribution in [3.8, 4) is 0 Å². The molecule has 3 nitrogen and oxygen atoms in total. The molecule has 1 aliphatic heterocycles. The number of ether oxygens (including phenoxy) is 1. The SMILES string of the molecule is C[C@@H]1CC[C@@H]2[C@H]1C(=O)O[C@]2(C)C=O. The molecule has 0 radical (unpaired) electrons. The zero-order valence-corrected chi connectivity index (χ0v) is 7.95.